The number of cyclic esters (lactones) is 1. The number of carbonyl (C=O) groups is 1. The first-order chi connectivity index (χ1) is 10.2. The second kappa shape index (κ2) is 5.66. The van der Waals surface area contributed by atoms with Crippen LogP contribution < -0.4 is 16.2 Å². The minimum atomic E-state index is -0.375. The van der Waals surface area contributed by atoms with Gasteiger partial charge >= 0.3 is 6.09 Å². The van der Waals surface area contributed by atoms with Crippen LogP contribution in [0.25, 0.3) is 0 Å². The van der Waals surface area contributed by atoms with Gasteiger partial charge in [-0.25, -0.2) is 4.79 Å². The van der Waals surface area contributed by atoms with E-state index < -0.39 is 0 Å². The van der Waals surface area contributed by atoms with Gasteiger partial charge in [0.05, 0.1) is 19.3 Å². The highest BCUT2D eigenvalue weighted by Gasteiger charge is 2.32. The van der Waals surface area contributed by atoms with Crippen LogP contribution in [0.15, 0.2) is 34.8 Å². The maximum atomic E-state index is 11.8. The van der Waals surface area contributed by atoms with Crippen LogP contribution in [0.3, 0.4) is 0 Å². The SMILES string of the molecule is NC[C@H]1CN(c2cc(Cn3ccncc3=O)cs2)C(=O)O1. The number of hydrogen-bond donors (Lipinski definition) is 1. The molecule has 1 atom stereocenters. The molecule has 1 aliphatic rings. The molecule has 7 nitrogen and oxygen atoms in total. The van der Waals surface area contributed by atoms with Crippen molar-refractivity contribution in [3.63, 3.8) is 0 Å². The summed E-state index contributed by atoms with van der Waals surface area (Å²) in [5, 5.41) is 2.72. The molecule has 0 aromatic carbocycles. The van der Waals surface area contributed by atoms with Gasteiger partial charge in [0.1, 0.15) is 11.1 Å². The Bertz CT molecular complexity index is 711. The van der Waals surface area contributed by atoms with Gasteiger partial charge in [-0.2, -0.15) is 0 Å². The molecule has 21 heavy (non-hydrogen) atoms. The number of nitrogens with two attached hydrogens (primary N) is 1. The van der Waals surface area contributed by atoms with E-state index in [-0.39, 0.29) is 17.8 Å². The van der Waals surface area contributed by atoms with Crippen LogP contribution in [0.5, 0.6) is 0 Å². The van der Waals surface area contributed by atoms with E-state index in [4.69, 9.17) is 10.5 Å². The van der Waals surface area contributed by atoms with Crippen molar-refractivity contribution in [1.29, 1.82) is 0 Å². The Labute approximate surface area is 124 Å². The highest BCUT2D eigenvalue weighted by Crippen LogP contribution is 2.28. The van der Waals surface area contributed by atoms with Crippen LogP contribution in [0.4, 0.5) is 9.80 Å². The Balaban J connectivity index is 1.77. The Hall–Kier alpha value is -2.19. The Morgan fingerprint density at radius 1 is 1.48 bits per heavy atom. The molecular weight excluding hydrogens is 292 g/mol. The number of rotatable bonds is 4. The van der Waals surface area contributed by atoms with Gasteiger partial charge in [-0.1, -0.05) is 0 Å². The van der Waals surface area contributed by atoms with Gasteiger partial charge in [-0.15, -0.1) is 11.3 Å². The van der Waals surface area contributed by atoms with Crippen molar-refractivity contribution >= 4 is 22.4 Å². The molecule has 2 aromatic heterocycles. The van der Waals surface area contributed by atoms with E-state index in [1.807, 2.05) is 11.4 Å². The molecule has 1 fully saturated rings. The molecule has 1 saturated heterocycles. The minimum Gasteiger partial charge on any atom is -0.443 e. The average Bonchev–Trinajstić information content (AvgIpc) is 3.07. The van der Waals surface area contributed by atoms with Crippen molar-refractivity contribution in [3.05, 3.63) is 46.0 Å². The average molecular weight is 306 g/mol. The summed E-state index contributed by atoms with van der Waals surface area (Å²) in [4.78, 5) is 28.7. The lowest BCUT2D eigenvalue weighted by atomic mass is 10.3. The quantitative estimate of drug-likeness (QED) is 0.895. The lowest BCUT2D eigenvalue weighted by Gasteiger charge is -2.09. The van der Waals surface area contributed by atoms with Gasteiger partial charge in [0.25, 0.3) is 5.56 Å². The first kappa shape index (κ1) is 13.8. The van der Waals surface area contributed by atoms with Crippen LogP contribution in [-0.2, 0) is 11.3 Å². The predicted octanol–water partition coefficient (Wildman–Crippen LogP) is 0.637. The maximum Gasteiger partial charge on any atom is 0.415 e. The third kappa shape index (κ3) is 2.81. The van der Waals surface area contributed by atoms with Crippen LogP contribution in [0.2, 0.25) is 0 Å². The molecule has 3 rings (SSSR count). The second-order valence-corrected chi connectivity index (χ2v) is 5.58. The molecule has 3 heterocycles. The molecule has 0 spiro atoms. The van der Waals surface area contributed by atoms with Gasteiger partial charge < -0.3 is 15.0 Å². The Morgan fingerprint density at radius 2 is 2.33 bits per heavy atom. The lowest BCUT2D eigenvalue weighted by Crippen LogP contribution is -2.26. The summed E-state index contributed by atoms with van der Waals surface area (Å²) in [6.45, 7) is 1.22. The normalized spacial score (nSPS) is 18.0. The zero-order valence-electron chi connectivity index (χ0n) is 11.1. The molecule has 1 aliphatic heterocycles. The van der Waals surface area contributed by atoms with Gasteiger partial charge in [0.2, 0.25) is 0 Å². The first-order valence-electron chi connectivity index (χ1n) is 6.43. The van der Waals surface area contributed by atoms with Gasteiger partial charge in [0, 0.05) is 18.9 Å². The molecule has 2 aromatic rings. The maximum absolute atomic E-state index is 11.8. The molecule has 0 radical (unpaired) electrons. The van der Waals surface area contributed by atoms with Crippen LogP contribution >= 0.6 is 11.3 Å². The van der Waals surface area contributed by atoms with Crippen molar-refractivity contribution in [3.8, 4) is 0 Å². The van der Waals surface area contributed by atoms with Gasteiger partial charge in [-0.3, -0.25) is 14.7 Å². The zero-order valence-corrected chi connectivity index (χ0v) is 12.0. The Morgan fingerprint density at radius 3 is 3.05 bits per heavy atom. The number of hydrogen-bond acceptors (Lipinski definition) is 6. The number of ether oxygens (including phenoxy) is 1. The lowest BCUT2D eigenvalue weighted by molar-refractivity contribution is 0.145. The molecule has 0 bridgehead atoms. The Kier molecular flexibility index (Phi) is 3.72. The summed E-state index contributed by atoms with van der Waals surface area (Å²) in [7, 11) is 0. The fourth-order valence-corrected chi connectivity index (χ4v) is 3.02. The molecule has 1 amide bonds. The topological polar surface area (TPSA) is 90.5 Å². The van der Waals surface area contributed by atoms with Crippen LogP contribution in [-0.4, -0.2) is 34.8 Å². The molecule has 0 unspecified atom stereocenters. The summed E-state index contributed by atoms with van der Waals surface area (Å²) in [5.41, 5.74) is 6.31. The van der Waals surface area contributed by atoms with Crippen LogP contribution in [0, 0.1) is 0 Å². The molecule has 8 heteroatoms. The smallest absolute Gasteiger partial charge is 0.415 e. The van der Waals surface area contributed by atoms with Crippen LogP contribution in [0.1, 0.15) is 5.56 Å². The van der Waals surface area contributed by atoms with E-state index in [0.717, 1.165) is 10.6 Å². The van der Waals surface area contributed by atoms with Crippen molar-refractivity contribution in [2.75, 3.05) is 18.0 Å². The van der Waals surface area contributed by atoms with Gasteiger partial charge in [-0.05, 0) is 17.0 Å². The van der Waals surface area contributed by atoms with E-state index in [2.05, 4.69) is 4.98 Å². The van der Waals surface area contributed by atoms with Crippen molar-refractivity contribution in [1.82, 2.24) is 9.55 Å². The van der Waals surface area contributed by atoms with Crippen molar-refractivity contribution in [2.24, 2.45) is 5.73 Å². The number of carbonyl (C=O) groups excluding carboxylic acids is 1. The largest absolute Gasteiger partial charge is 0.443 e. The monoisotopic (exact) mass is 306 g/mol. The molecule has 2 N–H and O–H groups in total. The van der Waals surface area contributed by atoms with E-state index in [1.165, 1.54) is 17.5 Å². The third-order valence-corrected chi connectivity index (χ3v) is 4.20. The predicted molar refractivity (Wildman–Crippen MR) is 78.6 cm³/mol. The van der Waals surface area contributed by atoms with E-state index >= 15 is 0 Å². The van der Waals surface area contributed by atoms with Crippen molar-refractivity contribution in [2.45, 2.75) is 12.6 Å². The molecule has 110 valence electrons. The number of aromatic nitrogens is 2. The number of amides is 1. The summed E-state index contributed by atoms with van der Waals surface area (Å²) in [5.74, 6) is 0. The highest BCUT2D eigenvalue weighted by atomic mass is 32.1. The van der Waals surface area contributed by atoms with Gasteiger partial charge in [0.15, 0.2) is 0 Å². The summed E-state index contributed by atoms with van der Waals surface area (Å²) in [6.07, 6.45) is 3.84. The first-order valence-corrected chi connectivity index (χ1v) is 7.31. The standard InChI is InChI=1S/C13H14N4O3S/c14-4-10-7-17(13(19)20-10)12-3-9(8-21-12)6-16-2-1-15-5-11(16)18/h1-3,5,8,10H,4,6-7,14H2/t10-/m0/s1. The molecular formula is C13H14N4O3S. The zero-order chi connectivity index (χ0) is 14.8. The summed E-state index contributed by atoms with van der Waals surface area (Å²) < 4.78 is 6.69. The fourth-order valence-electron chi connectivity index (χ4n) is 2.11. The van der Waals surface area contributed by atoms with Crippen molar-refractivity contribution < 1.29 is 9.53 Å². The fraction of sp³-hybridized carbons (Fsp3) is 0.308. The third-order valence-electron chi connectivity index (χ3n) is 3.20. The minimum absolute atomic E-state index is 0.158. The number of anilines is 1. The number of nitrogens with zero attached hydrogens (tertiary/aromatic N) is 3. The molecule has 0 saturated carbocycles. The highest BCUT2D eigenvalue weighted by molar-refractivity contribution is 7.14. The second-order valence-electron chi connectivity index (χ2n) is 4.69. The summed E-state index contributed by atoms with van der Waals surface area (Å²) >= 11 is 1.44. The van der Waals surface area contributed by atoms with E-state index in [1.54, 1.807) is 21.9 Å². The molecule has 0 aliphatic carbocycles. The summed E-state index contributed by atoms with van der Waals surface area (Å²) in [6, 6.07) is 1.89. The number of thiophene rings is 1. The van der Waals surface area contributed by atoms with E-state index in [0.29, 0.717) is 19.6 Å². The van der Waals surface area contributed by atoms with E-state index in [9.17, 15) is 9.59 Å².